The summed E-state index contributed by atoms with van der Waals surface area (Å²) in [5.41, 5.74) is 1.97. The highest BCUT2D eigenvalue weighted by atomic mass is 32.2. The van der Waals surface area contributed by atoms with Crippen LogP contribution in [-0.4, -0.2) is 35.8 Å². The van der Waals surface area contributed by atoms with Crippen molar-refractivity contribution in [2.24, 2.45) is 10.2 Å². The van der Waals surface area contributed by atoms with E-state index in [4.69, 9.17) is 12.2 Å². The van der Waals surface area contributed by atoms with E-state index in [9.17, 15) is 18.3 Å². The Morgan fingerprint density at radius 3 is 2.64 bits per heavy atom. The van der Waals surface area contributed by atoms with Crippen molar-refractivity contribution in [3.05, 3.63) is 77.2 Å². The highest BCUT2D eigenvalue weighted by molar-refractivity contribution is 7.99. The molecule has 10 heteroatoms. The van der Waals surface area contributed by atoms with Crippen molar-refractivity contribution in [2.45, 2.75) is 13.3 Å². The van der Waals surface area contributed by atoms with Crippen LogP contribution >= 0.6 is 12.2 Å². The number of fused-ring (bicyclic) bond motifs is 1. The molecule has 1 aromatic heterocycles. The Morgan fingerprint density at radius 2 is 1.91 bits per heavy atom. The summed E-state index contributed by atoms with van der Waals surface area (Å²) in [7, 11) is -4.13. The molecule has 33 heavy (non-hydrogen) atoms. The van der Waals surface area contributed by atoms with E-state index in [2.05, 4.69) is 15.2 Å². The molecular weight excluding hydrogens is 460 g/mol. The first-order valence-corrected chi connectivity index (χ1v) is 11.9. The van der Waals surface area contributed by atoms with Gasteiger partial charge in [0.15, 0.2) is 5.69 Å². The average molecular weight is 481 g/mol. The normalized spacial score (nSPS) is 14.1. The lowest BCUT2D eigenvalue weighted by atomic mass is 10.2. The van der Waals surface area contributed by atoms with E-state index in [-0.39, 0.29) is 21.3 Å². The Balaban J connectivity index is 1.67. The number of nitrogens with one attached hydrogen (secondary N) is 1. The van der Waals surface area contributed by atoms with Crippen molar-refractivity contribution in [2.75, 3.05) is 10.8 Å². The van der Waals surface area contributed by atoms with Crippen molar-refractivity contribution in [3.8, 4) is 5.88 Å². The Hall–Kier alpha value is -3.63. The Bertz CT molecular complexity index is 1430. The number of aromatic hydroxyl groups is 1. The maximum Gasteiger partial charge on any atom is 0.285 e. The second-order valence-electron chi connectivity index (χ2n) is 7.40. The summed E-state index contributed by atoms with van der Waals surface area (Å²) in [6.07, 6.45) is 5.15. The fraction of sp³-hybridized carbons (Fsp3) is 0.130. The number of hydrogen-bond acceptors (Lipinski definition) is 6. The van der Waals surface area contributed by atoms with Crippen molar-refractivity contribution >= 4 is 55.3 Å². The van der Waals surface area contributed by atoms with Gasteiger partial charge in [-0.15, -0.1) is 10.2 Å². The largest absolute Gasteiger partial charge is 0.493 e. The summed E-state index contributed by atoms with van der Waals surface area (Å²) < 4.78 is 27.9. The summed E-state index contributed by atoms with van der Waals surface area (Å²) in [5, 5.41) is 18.2. The van der Waals surface area contributed by atoms with Gasteiger partial charge in [-0.1, -0.05) is 60.3 Å². The lowest BCUT2D eigenvalue weighted by Crippen LogP contribution is -2.37. The summed E-state index contributed by atoms with van der Waals surface area (Å²) in [6, 6.07) is 13.7. The number of thiocarbonyl (C=S) groups is 1. The molecule has 0 atom stereocenters. The monoisotopic (exact) mass is 480 g/mol. The quantitative estimate of drug-likeness (QED) is 0.387. The van der Waals surface area contributed by atoms with Crippen molar-refractivity contribution in [1.82, 2.24) is 4.98 Å². The third-order valence-electron chi connectivity index (χ3n) is 5.05. The van der Waals surface area contributed by atoms with Gasteiger partial charge in [0.25, 0.3) is 15.9 Å². The number of carbonyl (C=O) groups excluding carboxylic acids is 1. The number of azo groups is 1. The van der Waals surface area contributed by atoms with Crippen LogP contribution in [0.5, 0.6) is 5.88 Å². The highest BCUT2D eigenvalue weighted by Gasteiger charge is 2.31. The van der Waals surface area contributed by atoms with Gasteiger partial charge in [-0.2, -0.15) is 0 Å². The molecule has 0 spiro atoms. The molecule has 0 aliphatic heterocycles. The number of rotatable bonds is 6. The van der Waals surface area contributed by atoms with Crippen LogP contribution in [0.2, 0.25) is 0 Å². The maximum atomic E-state index is 13.4. The van der Waals surface area contributed by atoms with Crippen LogP contribution in [0.4, 0.5) is 11.4 Å². The van der Waals surface area contributed by atoms with Gasteiger partial charge in [0, 0.05) is 16.7 Å². The number of aryl methyl sites for hydroxylation is 1. The minimum absolute atomic E-state index is 0.0282. The first-order chi connectivity index (χ1) is 15.8. The number of para-hydroxylation sites is 1. The molecule has 0 saturated carbocycles. The van der Waals surface area contributed by atoms with E-state index in [1.807, 2.05) is 6.92 Å². The molecule has 2 N–H and O–H groups in total. The van der Waals surface area contributed by atoms with E-state index < -0.39 is 22.5 Å². The Kier molecular flexibility index (Phi) is 6.21. The first-order valence-electron chi connectivity index (χ1n) is 10.0. The smallest absolute Gasteiger partial charge is 0.285 e. The van der Waals surface area contributed by atoms with Crippen molar-refractivity contribution in [3.63, 3.8) is 0 Å². The van der Waals surface area contributed by atoms with Gasteiger partial charge in [-0.25, -0.2) is 8.42 Å². The molecule has 0 fully saturated rings. The fourth-order valence-corrected chi connectivity index (χ4v) is 5.39. The van der Waals surface area contributed by atoms with Crippen LogP contribution in [0.15, 0.2) is 81.9 Å². The number of sulfonamides is 1. The zero-order chi connectivity index (χ0) is 23.6. The zero-order valence-electron chi connectivity index (χ0n) is 17.6. The van der Waals surface area contributed by atoms with Crippen LogP contribution in [0.1, 0.15) is 12.0 Å². The van der Waals surface area contributed by atoms with E-state index in [1.54, 1.807) is 60.7 Å². The minimum Gasteiger partial charge on any atom is -0.493 e. The van der Waals surface area contributed by atoms with Crippen LogP contribution in [0.3, 0.4) is 0 Å². The number of aromatic amines is 1. The third kappa shape index (κ3) is 4.62. The fourth-order valence-electron chi connectivity index (χ4n) is 3.37. The summed E-state index contributed by atoms with van der Waals surface area (Å²) in [5.74, 6) is -1.04. The number of carbonyl (C=O) groups is 1. The number of amides is 1. The molecule has 168 valence electrons. The molecule has 1 heterocycles. The minimum atomic E-state index is -4.13. The second kappa shape index (κ2) is 9.08. The SMILES string of the molecule is Cc1ccc(N(CC(=O)N=Nc2c(O)[nH]c3ccccc23)S(=O)(=O)C2=CC=CCC2=S)cc1. The van der Waals surface area contributed by atoms with Crippen molar-refractivity contribution < 1.29 is 18.3 Å². The molecule has 0 unspecified atom stereocenters. The maximum absolute atomic E-state index is 13.4. The van der Waals surface area contributed by atoms with Crippen LogP contribution in [-0.2, 0) is 14.8 Å². The van der Waals surface area contributed by atoms with Crippen LogP contribution < -0.4 is 4.31 Å². The molecular formula is C23H20N4O4S2. The highest BCUT2D eigenvalue weighted by Crippen LogP contribution is 2.35. The van der Waals surface area contributed by atoms with Crippen LogP contribution in [0, 0.1) is 6.92 Å². The zero-order valence-corrected chi connectivity index (χ0v) is 19.2. The second-order valence-corrected chi connectivity index (χ2v) is 9.72. The number of aromatic nitrogens is 1. The molecule has 1 amide bonds. The van der Waals surface area contributed by atoms with Gasteiger partial charge in [0.05, 0.1) is 11.2 Å². The summed E-state index contributed by atoms with van der Waals surface area (Å²) in [4.78, 5) is 15.7. The number of benzene rings is 2. The predicted molar refractivity (Wildman–Crippen MR) is 131 cm³/mol. The van der Waals surface area contributed by atoms with E-state index in [0.29, 0.717) is 23.0 Å². The number of allylic oxidation sites excluding steroid dienone is 4. The van der Waals surface area contributed by atoms with Gasteiger partial charge >= 0.3 is 0 Å². The summed E-state index contributed by atoms with van der Waals surface area (Å²) >= 11 is 5.26. The Morgan fingerprint density at radius 1 is 1.18 bits per heavy atom. The predicted octanol–water partition coefficient (Wildman–Crippen LogP) is 4.84. The van der Waals surface area contributed by atoms with E-state index in [1.165, 1.54) is 6.08 Å². The van der Waals surface area contributed by atoms with E-state index in [0.717, 1.165) is 9.87 Å². The molecule has 0 radical (unpaired) electrons. The number of anilines is 1. The Labute approximate surface area is 196 Å². The summed E-state index contributed by atoms with van der Waals surface area (Å²) in [6.45, 7) is 1.29. The molecule has 0 saturated heterocycles. The average Bonchev–Trinajstić information content (AvgIpc) is 3.11. The van der Waals surface area contributed by atoms with E-state index >= 15 is 0 Å². The lowest BCUT2D eigenvalue weighted by Gasteiger charge is -2.25. The number of nitrogens with zero attached hydrogens (tertiary/aromatic N) is 3. The van der Waals surface area contributed by atoms with Gasteiger partial charge in [-0.05, 0) is 31.2 Å². The third-order valence-corrected chi connectivity index (χ3v) is 7.43. The van der Waals surface area contributed by atoms with Gasteiger partial charge in [-0.3, -0.25) is 9.10 Å². The van der Waals surface area contributed by atoms with Gasteiger partial charge < -0.3 is 10.1 Å². The molecule has 1 aliphatic rings. The topological polar surface area (TPSA) is 115 Å². The lowest BCUT2D eigenvalue weighted by molar-refractivity contribution is -0.116. The van der Waals surface area contributed by atoms with Gasteiger partial charge in [0.2, 0.25) is 5.88 Å². The number of H-pyrrole nitrogens is 1. The molecule has 3 aromatic rings. The standard InChI is InChI=1S/C23H20N4O4S2/c1-15-10-12-16(13-11-15)27(33(30,31)20-9-5-4-8-19(20)32)14-21(28)25-26-22-17-6-2-3-7-18(17)24-23(22)29/h2-7,9-13,24,29H,8,14H2,1H3. The molecule has 4 rings (SSSR count). The molecule has 2 aromatic carbocycles. The molecule has 8 nitrogen and oxygen atoms in total. The molecule has 0 bridgehead atoms. The first kappa shape index (κ1) is 22.6. The van der Waals surface area contributed by atoms with Crippen LogP contribution in [0.25, 0.3) is 10.9 Å². The number of hydrogen-bond donors (Lipinski definition) is 2. The van der Waals surface area contributed by atoms with Gasteiger partial charge in [0.1, 0.15) is 11.4 Å². The van der Waals surface area contributed by atoms with Crippen molar-refractivity contribution in [1.29, 1.82) is 0 Å². The molecule has 1 aliphatic carbocycles.